The van der Waals surface area contributed by atoms with Crippen LogP contribution in [0.2, 0.25) is 0 Å². The molecule has 0 N–H and O–H groups in total. The molecule has 9 aromatic heterocycles. The lowest BCUT2D eigenvalue weighted by molar-refractivity contribution is 0.669. The van der Waals surface area contributed by atoms with E-state index in [4.69, 9.17) is 44.3 Å². The molecule has 0 spiro atoms. The van der Waals surface area contributed by atoms with Crippen LogP contribution in [-0.4, -0.2) is 83.1 Å². The number of rotatable bonds is 14. The number of nitrogens with zero attached hydrogens (tertiary/aromatic N) is 14. The number of benzene rings is 15. The first-order valence-corrected chi connectivity index (χ1v) is 44.9. The van der Waals surface area contributed by atoms with Gasteiger partial charge in [-0.1, -0.05) is 303 Å². The summed E-state index contributed by atoms with van der Waals surface area (Å²) in [5.41, 5.74) is 17.8. The highest BCUT2D eigenvalue weighted by molar-refractivity contribution is 7.20. The van der Waals surface area contributed by atoms with Crippen LogP contribution in [0.15, 0.2) is 387 Å². The molecule has 0 atom stereocenters. The van der Waals surface area contributed by atoms with E-state index in [9.17, 15) is 0 Å². The Morgan fingerprint density at radius 3 is 1.27 bits per heavy atom. The molecule has 0 radical (unpaired) electrons. The van der Waals surface area contributed by atoms with E-state index < -0.39 is 16.1 Å². The summed E-state index contributed by atoms with van der Waals surface area (Å²) in [4.78, 5) is 45.6. The van der Waals surface area contributed by atoms with Crippen LogP contribution in [0.1, 0.15) is 17.7 Å². The van der Waals surface area contributed by atoms with Gasteiger partial charge in [0.25, 0.3) is 0 Å². The second-order valence-electron chi connectivity index (χ2n) is 31.3. The van der Waals surface area contributed by atoms with E-state index in [2.05, 4.69) is 397 Å². The fraction of sp³-hybridized carbons (Fsp3) is 0.0192. The standard InChI is InChI=1S/C104H68N14OSi2/c1-6-30-70(31-7-1)120(71-32-8-2-9-33-71,72-34-10-3-11-35-72)75-58-54-67(55-59-75)97-107-98(113-85-45-21-16-40-77(85)78-41-17-22-46-86(78)113)109-99(108-97)117-93-52-28-26-50-91(93)116-94-65-69(56-61-84(94)106-104(116)117)68-57-62-88-81(64-68)79-42-18-23-47-87(79)114(88)100-110-101(118-92-51-27-25-49-90(92)115-89-48-24-20-44-83(89)105-103(115)118)112-102(111-100)121(73-36-12-4-13-37-73,74-38-14-5-15-39-74)76-60-63-96-82(66-76)80-43-19-29-53-95(80)119-96/h1-22,24-46,48-66H,23,47H2. The molecule has 0 aliphatic heterocycles. The van der Waals surface area contributed by atoms with Crippen molar-refractivity contribution < 1.29 is 4.42 Å². The van der Waals surface area contributed by atoms with Gasteiger partial charge in [-0.2, -0.15) is 19.9 Å². The van der Waals surface area contributed by atoms with E-state index in [-0.39, 0.29) is 0 Å². The maximum atomic E-state index is 6.60. The number of hydrogen-bond acceptors (Lipinski definition) is 9. The Bertz CT molecular complexity index is 8170. The number of para-hydroxylation sites is 9. The highest BCUT2D eigenvalue weighted by Crippen LogP contribution is 2.40. The molecule has 0 bridgehead atoms. The van der Waals surface area contributed by atoms with E-state index in [0.717, 1.165) is 155 Å². The van der Waals surface area contributed by atoms with Crippen LogP contribution in [0.5, 0.6) is 0 Å². The third kappa shape index (κ3) is 10.2. The lowest BCUT2D eigenvalue weighted by Gasteiger charge is -2.34. The lowest BCUT2D eigenvalue weighted by Crippen LogP contribution is -2.76. The molecule has 0 fully saturated rings. The molecule has 24 aromatic rings. The van der Waals surface area contributed by atoms with E-state index in [0.29, 0.717) is 46.6 Å². The molecular weight excluding hydrogens is 1520 g/mol. The third-order valence-electron chi connectivity index (χ3n) is 24.9. The fourth-order valence-electron chi connectivity index (χ4n) is 19.7. The van der Waals surface area contributed by atoms with Gasteiger partial charge in [0.15, 0.2) is 13.9 Å². The summed E-state index contributed by atoms with van der Waals surface area (Å²) in [5.74, 6) is 3.78. The number of hydrogen-bond donors (Lipinski definition) is 0. The van der Waals surface area contributed by atoms with Gasteiger partial charge < -0.3 is 4.42 Å². The van der Waals surface area contributed by atoms with Crippen LogP contribution >= 0.6 is 0 Å². The van der Waals surface area contributed by atoms with Gasteiger partial charge in [0.1, 0.15) is 16.6 Å². The Balaban J connectivity index is 0.677. The van der Waals surface area contributed by atoms with Crippen molar-refractivity contribution in [3.05, 3.63) is 393 Å². The first-order chi connectivity index (χ1) is 60.0. The fourth-order valence-corrected chi connectivity index (χ4v) is 28.8. The van der Waals surface area contributed by atoms with Crippen molar-refractivity contribution in [3.63, 3.8) is 0 Å². The Hall–Kier alpha value is -15.8. The third-order valence-corrected chi connectivity index (χ3v) is 34.2. The molecule has 0 amide bonds. The number of allylic oxidation sites excluding steroid dienone is 1. The molecule has 0 unspecified atom stereocenters. The number of imidazole rings is 4. The Kier molecular flexibility index (Phi) is 15.2. The zero-order chi connectivity index (χ0) is 79.4. The highest BCUT2D eigenvalue weighted by Gasteiger charge is 2.47. The van der Waals surface area contributed by atoms with Gasteiger partial charge in [0.2, 0.25) is 43.4 Å². The molecule has 15 aromatic carbocycles. The average Bonchev–Trinajstić information content (AvgIpc) is 1.67. The van der Waals surface area contributed by atoms with Crippen molar-refractivity contribution in [2.24, 2.45) is 0 Å². The Morgan fingerprint density at radius 2 is 0.678 bits per heavy atom. The van der Waals surface area contributed by atoms with Crippen molar-refractivity contribution in [2.45, 2.75) is 12.8 Å². The van der Waals surface area contributed by atoms with Gasteiger partial charge in [-0.15, -0.1) is 0 Å². The summed E-state index contributed by atoms with van der Waals surface area (Å²) in [6.45, 7) is 0. The first-order valence-electron chi connectivity index (χ1n) is 40.9. The predicted octanol–water partition coefficient (Wildman–Crippen LogP) is 17.5. The van der Waals surface area contributed by atoms with Gasteiger partial charge in [-0.05, 0) is 145 Å². The van der Waals surface area contributed by atoms with E-state index in [1.165, 1.54) is 20.7 Å². The summed E-state index contributed by atoms with van der Waals surface area (Å²) in [5, 5.41) is 13.8. The smallest absolute Gasteiger partial charge is 0.242 e. The monoisotopic (exact) mass is 1580 g/mol. The summed E-state index contributed by atoms with van der Waals surface area (Å²) in [6, 6.07) is 135. The zero-order valence-corrected chi connectivity index (χ0v) is 67.0. The molecule has 15 nitrogen and oxygen atoms in total. The Morgan fingerprint density at radius 1 is 0.256 bits per heavy atom. The highest BCUT2D eigenvalue weighted by atomic mass is 28.3. The van der Waals surface area contributed by atoms with Gasteiger partial charge in [0.05, 0.1) is 60.7 Å². The van der Waals surface area contributed by atoms with Crippen molar-refractivity contribution in [1.82, 2.24) is 66.9 Å². The molecule has 568 valence electrons. The van der Waals surface area contributed by atoms with Crippen molar-refractivity contribution in [3.8, 4) is 46.3 Å². The quantitative estimate of drug-likeness (QED) is 0.0767. The van der Waals surface area contributed by atoms with Crippen LogP contribution in [0.25, 0.3) is 163 Å². The average molecular weight is 1590 g/mol. The molecule has 17 heteroatoms. The molecule has 0 saturated heterocycles. The molecule has 1 aliphatic rings. The molecule has 0 saturated carbocycles. The summed E-state index contributed by atoms with van der Waals surface area (Å²) < 4.78 is 19.9. The van der Waals surface area contributed by atoms with E-state index in [1.807, 2.05) is 18.2 Å². The minimum Gasteiger partial charge on any atom is -0.456 e. The summed E-state index contributed by atoms with van der Waals surface area (Å²) in [7, 11) is -6.52. The van der Waals surface area contributed by atoms with Crippen molar-refractivity contribution >= 4 is 174 Å². The minimum absolute atomic E-state index is 0.433. The van der Waals surface area contributed by atoms with E-state index in [1.54, 1.807) is 0 Å². The molecule has 25 rings (SSSR count). The van der Waals surface area contributed by atoms with Crippen LogP contribution in [0.4, 0.5) is 0 Å². The normalized spacial score (nSPS) is 12.7. The number of fused-ring (bicyclic) bond motifs is 19. The maximum Gasteiger partial charge on any atom is 0.242 e. The zero-order valence-electron chi connectivity index (χ0n) is 65.0. The Labute approximate surface area is 693 Å². The molecule has 121 heavy (non-hydrogen) atoms. The van der Waals surface area contributed by atoms with Crippen molar-refractivity contribution in [2.75, 3.05) is 0 Å². The molecule has 9 heterocycles. The van der Waals surface area contributed by atoms with Gasteiger partial charge in [-0.25, -0.2) is 29.1 Å². The largest absolute Gasteiger partial charge is 0.456 e. The molecular formula is C104H68N14OSi2. The summed E-state index contributed by atoms with van der Waals surface area (Å²) >= 11 is 0. The van der Waals surface area contributed by atoms with Crippen molar-refractivity contribution in [1.29, 1.82) is 0 Å². The van der Waals surface area contributed by atoms with Gasteiger partial charge in [-0.3, -0.25) is 17.9 Å². The number of furan rings is 1. The van der Waals surface area contributed by atoms with Gasteiger partial charge >= 0.3 is 0 Å². The van der Waals surface area contributed by atoms with Crippen LogP contribution < -0.4 is 41.8 Å². The number of aromatic nitrogens is 14. The topological polar surface area (TPSA) is 145 Å². The van der Waals surface area contributed by atoms with Crippen LogP contribution in [0, 0.1) is 0 Å². The second kappa shape index (κ2) is 26.9. The predicted molar refractivity (Wildman–Crippen MR) is 493 cm³/mol. The summed E-state index contributed by atoms with van der Waals surface area (Å²) in [6.07, 6.45) is 6.17. The molecule has 1 aliphatic carbocycles. The first kappa shape index (κ1) is 68.4. The van der Waals surface area contributed by atoms with Gasteiger partial charge in [0, 0.05) is 43.8 Å². The van der Waals surface area contributed by atoms with E-state index >= 15 is 0 Å². The SMILES string of the molecule is C1=Cc2c(n(-c3nc(-n4c5ccccc5n5c6ccccc6nc45)nc([Si](c4ccccc4)(c4ccccc4)c4ccc5oc6ccccc6c5c4)n3)c3ccc(-c4ccc5nc6n(-c7nc(-c8ccc([Si](c9ccccc9)(c9ccccc9)c9ccccc9)cc8)nc(-n8c9ccccc9c9ccccc98)n7)c7ccccc7n6c5c4)cc23)CC1. The lowest BCUT2D eigenvalue weighted by atomic mass is 9.99. The minimum atomic E-state index is -3.63. The van der Waals surface area contributed by atoms with Crippen LogP contribution in [-0.2, 0) is 6.42 Å². The maximum absolute atomic E-state index is 6.60. The van der Waals surface area contributed by atoms with Crippen LogP contribution in [0.3, 0.4) is 0 Å². The second-order valence-corrected chi connectivity index (χ2v) is 38.8.